The van der Waals surface area contributed by atoms with Crippen LogP contribution in [0.1, 0.15) is 19.8 Å². The highest BCUT2D eigenvalue weighted by Gasteiger charge is 2.26. The van der Waals surface area contributed by atoms with Gasteiger partial charge < -0.3 is 15.5 Å². The van der Waals surface area contributed by atoms with Crippen LogP contribution >= 0.6 is 24.8 Å². The number of para-hydroxylation sites is 2. The fourth-order valence-electron chi connectivity index (χ4n) is 2.85. The Morgan fingerprint density at radius 1 is 1.13 bits per heavy atom. The highest BCUT2D eigenvalue weighted by atomic mass is 35.5. The first-order valence-corrected chi connectivity index (χ1v) is 7.81. The summed E-state index contributed by atoms with van der Waals surface area (Å²) >= 11 is 0. The number of hydrogen-bond acceptors (Lipinski definition) is 5. The number of rotatable bonds is 3. The number of anilines is 2. The lowest BCUT2D eigenvalue weighted by molar-refractivity contribution is 0.482. The van der Waals surface area contributed by atoms with Gasteiger partial charge in [-0.2, -0.15) is 0 Å². The molecule has 1 saturated heterocycles. The molecule has 5 nitrogen and oxygen atoms in total. The van der Waals surface area contributed by atoms with E-state index in [2.05, 4.69) is 22.5 Å². The van der Waals surface area contributed by atoms with Crippen molar-refractivity contribution >= 4 is 47.5 Å². The van der Waals surface area contributed by atoms with Crippen LogP contribution in [0, 0.1) is 0 Å². The van der Waals surface area contributed by atoms with Crippen LogP contribution in [-0.4, -0.2) is 41.7 Å². The highest BCUT2D eigenvalue weighted by Crippen LogP contribution is 2.31. The Kier molecular flexibility index (Phi) is 5.89. The predicted molar refractivity (Wildman–Crippen MR) is 100 cm³/mol. The summed E-state index contributed by atoms with van der Waals surface area (Å²) in [5, 5.41) is 7.03. The van der Waals surface area contributed by atoms with Crippen molar-refractivity contribution < 1.29 is 0 Å². The van der Waals surface area contributed by atoms with E-state index in [0.29, 0.717) is 12.1 Å². The maximum absolute atomic E-state index is 4.89. The van der Waals surface area contributed by atoms with Gasteiger partial charge in [-0.15, -0.1) is 24.8 Å². The maximum atomic E-state index is 4.89. The van der Waals surface area contributed by atoms with Crippen LogP contribution in [-0.2, 0) is 0 Å². The average Bonchev–Trinajstić information content (AvgIpc) is 3.30. The average molecular weight is 356 g/mol. The minimum Gasteiger partial charge on any atom is -0.364 e. The molecule has 1 aliphatic heterocycles. The number of nitrogens with one attached hydrogen (secondary N) is 2. The van der Waals surface area contributed by atoms with Gasteiger partial charge in [0.1, 0.15) is 0 Å². The van der Waals surface area contributed by atoms with Crippen LogP contribution in [0.5, 0.6) is 0 Å². The van der Waals surface area contributed by atoms with E-state index in [1.807, 2.05) is 24.3 Å². The number of hydrogen-bond donors (Lipinski definition) is 2. The van der Waals surface area contributed by atoms with Gasteiger partial charge in [0.15, 0.2) is 11.6 Å². The third-order valence-electron chi connectivity index (χ3n) is 4.14. The van der Waals surface area contributed by atoms with Crippen LogP contribution in [0.15, 0.2) is 24.3 Å². The quantitative estimate of drug-likeness (QED) is 0.886. The third kappa shape index (κ3) is 3.97. The van der Waals surface area contributed by atoms with Crippen LogP contribution in [0.3, 0.4) is 0 Å². The lowest BCUT2D eigenvalue weighted by atomic mass is 10.2. The fraction of sp³-hybridized carbons (Fsp3) is 0.500. The van der Waals surface area contributed by atoms with Gasteiger partial charge >= 0.3 is 0 Å². The van der Waals surface area contributed by atoms with Crippen LogP contribution in [0.4, 0.5) is 11.6 Å². The summed E-state index contributed by atoms with van der Waals surface area (Å²) in [6.07, 6.45) is 2.48. The first-order chi connectivity index (χ1) is 10.3. The van der Waals surface area contributed by atoms with Crippen molar-refractivity contribution in [3.8, 4) is 0 Å². The Balaban J connectivity index is 0.000000960. The van der Waals surface area contributed by atoms with Crippen molar-refractivity contribution in [2.24, 2.45) is 0 Å². The Morgan fingerprint density at radius 2 is 1.83 bits per heavy atom. The summed E-state index contributed by atoms with van der Waals surface area (Å²) in [7, 11) is 0. The molecule has 2 fully saturated rings. The van der Waals surface area contributed by atoms with Gasteiger partial charge in [-0.25, -0.2) is 9.97 Å². The first-order valence-electron chi connectivity index (χ1n) is 7.81. The van der Waals surface area contributed by atoms with E-state index in [-0.39, 0.29) is 24.8 Å². The maximum Gasteiger partial charge on any atom is 0.172 e. The molecule has 1 aromatic carbocycles. The molecule has 7 heteroatoms. The topological polar surface area (TPSA) is 53.1 Å². The van der Waals surface area contributed by atoms with Crippen molar-refractivity contribution in [3.63, 3.8) is 0 Å². The molecule has 0 amide bonds. The van der Waals surface area contributed by atoms with Crippen molar-refractivity contribution in [2.45, 2.75) is 31.8 Å². The molecule has 2 aromatic rings. The van der Waals surface area contributed by atoms with E-state index in [0.717, 1.165) is 42.3 Å². The molecule has 2 aliphatic rings. The Labute approximate surface area is 149 Å². The molecule has 0 bridgehead atoms. The van der Waals surface area contributed by atoms with Gasteiger partial charge in [-0.1, -0.05) is 12.1 Å². The van der Waals surface area contributed by atoms with Crippen molar-refractivity contribution in [3.05, 3.63) is 24.3 Å². The summed E-state index contributed by atoms with van der Waals surface area (Å²) in [4.78, 5) is 12.1. The molecule has 1 atom stereocenters. The number of piperazine rings is 1. The molecule has 1 aromatic heterocycles. The second-order valence-corrected chi connectivity index (χ2v) is 6.10. The van der Waals surface area contributed by atoms with Crippen molar-refractivity contribution in [1.82, 2.24) is 15.3 Å². The smallest absolute Gasteiger partial charge is 0.172 e. The summed E-state index contributed by atoms with van der Waals surface area (Å²) in [5.74, 6) is 1.96. The standard InChI is InChI=1S/C16H21N5.2ClH/c1-11-10-21(9-8-17-11)16-15(18-12-6-7-12)19-13-4-2-3-5-14(13)20-16;;/h2-5,11-12,17H,6-10H2,1H3,(H,18,19);2*1H. The molecule has 126 valence electrons. The van der Waals surface area contributed by atoms with Gasteiger partial charge in [0.2, 0.25) is 0 Å². The molecule has 1 saturated carbocycles. The molecule has 1 unspecified atom stereocenters. The molecule has 4 rings (SSSR count). The van der Waals surface area contributed by atoms with E-state index in [4.69, 9.17) is 9.97 Å². The zero-order valence-electron chi connectivity index (χ0n) is 13.2. The van der Waals surface area contributed by atoms with E-state index in [9.17, 15) is 0 Å². The zero-order valence-corrected chi connectivity index (χ0v) is 14.8. The SMILES string of the molecule is CC1CN(c2nc3ccccc3nc2NC2CC2)CCN1.Cl.Cl. The van der Waals surface area contributed by atoms with E-state index >= 15 is 0 Å². The number of fused-ring (bicyclic) bond motifs is 1. The number of nitrogens with zero attached hydrogens (tertiary/aromatic N) is 3. The second kappa shape index (κ2) is 7.51. The van der Waals surface area contributed by atoms with Crippen molar-refractivity contribution in [1.29, 1.82) is 0 Å². The van der Waals surface area contributed by atoms with Gasteiger partial charge in [-0.3, -0.25) is 0 Å². The first kappa shape index (κ1) is 18.0. The third-order valence-corrected chi connectivity index (χ3v) is 4.14. The Bertz CT molecular complexity index is 662. The summed E-state index contributed by atoms with van der Waals surface area (Å²) in [5.41, 5.74) is 1.94. The zero-order chi connectivity index (χ0) is 14.2. The summed E-state index contributed by atoms with van der Waals surface area (Å²) < 4.78 is 0. The lowest BCUT2D eigenvalue weighted by Crippen LogP contribution is -2.49. The molecule has 2 N–H and O–H groups in total. The number of aromatic nitrogens is 2. The van der Waals surface area contributed by atoms with Gasteiger partial charge in [-0.05, 0) is 31.9 Å². The van der Waals surface area contributed by atoms with Gasteiger partial charge in [0.25, 0.3) is 0 Å². The van der Waals surface area contributed by atoms with E-state index < -0.39 is 0 Å². The van der Waals surface area contributed by atoms with Crippen LogP contribution in [0.25, 0.3) is 11.0 Å². The monoisotopic (exact) mass is 355 g/mol. The summed E-state index contributed by atoms with van der Waals surface area (Å²) in [6.45, 7) is 5.18. The summed E-state index contributed by atoms with van der Waals surface area (Å²) in [6, 6.07) is 9.18. The normalized spacial score (nSPS) is 20.6. The Morgan fingerprint density at radius 3 is 2.48 bits per heavy atom. The largest absolute Gasteiger partial charge is 0.364 e. The molecule has 2 heterocycles. The molecular formula is C16H23Cl2N5. The van der Waals surface area contributed by atoms with Gasteiger partial charge in [0.05, 0.1) is 11.0 Å². The minimum absolute atomic E-state index is 0. The van der Waals surface area contributed by atoms with Crippen LogP contribution in [0.2, 0.25) is 0 Å². The Hall–Kier alpha value is -1.30. The molecular weight excluding hydrogens is 333 g/mol. The minimum atomic E-state index is 0. The predicted octanol–water partition coefficient (Wildman–Crippen LogP) is 2.85. The molecule has 1 aliphatic carbocycles. The van der Waals surface area contributed by atoms with E-state index in [1.54, 1.807) is 0 Å². The molecule has 23 heavy (non-hydrogen) atoms. The second-order valence-electron chi connectivity index (χ2n) is 6.10. The number of halogens is 2. The number of benzene rings is 1. The van der Waals surface area contributed by atoms with E-state index in [1.165, 1.54) is 12.8 Å². The molecule has 0 radical (unpaired) electrons. The highest BCUT2D eigenvalue weighted by molar-refractivity contribution is 5.85. The van der Waals surface area contributed by atoms with Crippen molar-refractivity contribution in [2.75, 3.05) is 29.9 Å². The molecule has 0 spiro atoms. The lowest BCUT2D eigenvalue weighted by Gasteiger charge is -2.33. The van der Waals surface area contributed by atoms with Crippen LogP contribution < -0.4 is 15.5 Å². The van der Waals surface area contributed by atoms with Gasteiger partial charge in [0, 0.05) is 31.7 Å². The fourth-order valence-corrected chi connectivity index (χ4v) is 2.85.